The van der Waals surface area contributed by atoms with Crippen molar-refractivity contribution in [2.75, 3.05) is 0 Å². The van der Waals surface area contributed by atoms with Crippen LogP contribution in [0, 0.1) is 15.9 Å². The molecule has 0 saturated heterocycles. The molecule has 30 heavy (non-hydrogen) atoms. The highest BCUT2D eigenvalue weighted by molar-refractivity contribution is 6.05. The van der Waals surface area contributed by atoms with Gasteiger partial charge in [0.2, 0.25) is 5.78 Å². The number of nitro benzene ring substituents is 1. The number of hydrogen-bond donors (Lipinski definition) is 0. The summed E-state index contributed by atoms with van der Waals surface area (Å²) >= 11 is 0. The lowest BCUT2D eigenvalue weighted by Crippen LogP contribution is -1.90. The third-order valence-electron chi connectivity index (χ3n) is 4.37. The molecule has 2 heterocycles. The number of carbonyl (C=O) groups excluding carboxylic acids is 1. The van der Waals surface area contributed by atoms with Crippen LogP contribution in [0.4, 0.5) is 10.1 Å². The van der Waals surface area contributed by atoms with Crippen molar-refractivity contribution in [1.29, 1.82) is 0 Å². The van der Waals surface area contributed by atoms with Crippen LogP contribution >= 0.6 is 0 Å². The number of hydrogen-bond acceptors (Lipinski definition) is 5. The van der Waals surface area contributed by atoms with Crippen molar-refractivity contribution in [2.45, 2.75) is 0 Å². The van der Waals surface area contributed by atoms with Crippen LogP contribution < -0.4 is 0 Å². The van der Waals surface area contributed by atoms with Crippen molar-refractivity contribution in [1.82, 2.24) is 0 Å². The first-order valence-electron chi connectivity index (χ1n) is 8.93. The molecule has 4 aromatic rings. The summed E-state index contributed by atoms with van der Waals surface area (Å²) in [5.74, 6) is 0.516. The highest BCUT2D eigenvalue weighted by Gasteiger charge is 2.17. The molecular weight excluding hydrogens is 389 g/mol. The molecule has 0 atom stereocenters. The van der Waals surface area contributed by atoms with Crippen molar-refractivity contribution < 1.29 is 22.9 Å². The highest BCUT2D eigenvalue weighted by atomic mass is 19.1. The molecule has 2 aromatic carbocycles. The fourth-order valence-corrected chi connectivity index (χ4v) is 2.91. The van der Waals surface area contributed by atoms with Crippen LogP contribution in [0.25, 0.3) is 28.7 Å². The predicted molar refractivity (Wildman–Crippen MR) is 108 cm³/mol. The summed E-state index contributed by atoms with van der Waals surface area (Å²) in [5, 5.41) is 11.2. The summed E-state index contributed by atoms with van der Waals surface area (Å²) in [5.41, 5.74) is 0.936. The van der Waals surface area contributed by atoms with E-state index >= 15 is 0 Å². The highest BCUT2D eigenvalue weighted by Crippen LogP contribution is 2.31. The molecule has 0 saturated carbocycles. The van der Waals surface area contributed by atoms with Crippen LogP contribution in [0.3, 0.4) is 0 Å². The lowest BCUT2D eigenvalue weighted by Gasteiger charge is -1.98. The summed E-state index contributed by atoms with van der Waals surface area (Å²) < 4.78 is 24.2. The van der Waals surface area contributed by atoms with Gasteiger partial charge < -0.3 is 8.83 Å². The van der Waals surface area contributed by atoms with E-state index in [-0.39, 0.29) is 23.0 Å². The minimum atomic E-state index is -0.480. The molecule has 2 aromatic heterocycles. The maximum atomic E-state index is 13.0. The molecule has 0 aliphatic rings. The number of ketones is 1. The first kappa shape index (κ1) is 19.1. The predicted octanol–water partition coefficient (Wildman–Crippen LogP) is 6.15. The monoisotopic (exact) mass is 403 g/mol. The smallest absolute Gasteiger partial charge is 0.280 e. The van der Waals surface area contributed by atoms with Gasteiger partial charge in [-0.2, -0.15) is 0 Å². The molecule has 0 spiro atoms. The molecule has 148 valence electrons. The van der Waals surface area contributed by atoms with Gasteiger partial charge in [-0.1, -0.05) is 12.1 Å². The Morgan fingerprint density at radius 3 is 2.40 bits per heavy atom. The number of halogens is 1. The van der Waals surface area contributed by atoms with E-state index in [1.807, 2.05) is 0 Å². The Morgan fingerprint density at radius 1 is 0.900 bits per heavy atom. The van der Waals surface area contributed by atoms with Crippen LogP contribution in [0.1, 0.15) is 16.3 Å². The van der Waals surface area contributed by atoms with Gasteiger partial charge in [-0.3, -0.25) is 14.9 Å². The van der Waals surface area contributed by atoms with Gasteiger partial charge in [0.15, 0.2) is 5.76 Å². The number of nitro groups is 1. The van der Waals surface area contributed by atoms with Gasteiger partial charge in [0.05, 0.1) is 10.5 Å². The molecular formula is C23H14FNO5. The standard InChI is InChI=1S/C23H14FNO5/c24-16-7-5-15(6-8-16)21-13-14-23(30-21)20(26)11-9-17-10-12-22(29-17)18-3-1-2-4-19(18)25(27)28/h1-14H. The lowest BCUT2D eigenvalue weighted by molar-refractivity contribution is -0.384. The van der Waals surface area contributed by atoms with E-state index in [0.717, 1.165) is 0 Å². The average molecular weight is 403 g/mol. The lowest BCUT2D eigenvalue weighted by atomic mass is 10.1. The van der Waals surface area contributed by atoms with Gasteiger partial charge in [0.1, 0.15) is 23.1 Å². The van der Waals surface area contributed by atoms with Gasteiger partial charge >= 0.3 is 0 Å². The minimum absolute atomic E-state index is 0.0673. The molecule has 4 rings (SSSR count). The van der Waals surface area contributed by atoms with Crippen LogP contribution in [-0.4, -0.2) is 10.7 Å². The van der Waals surface area contributed by atoms with Crippen molar-refractivity contribution in [3.05, 3.63) is 106 Å². The maximum Gasteiger partial charge on any atom is 0.280 e. The zero-order chi connectivity index (χ0) is 21.1. The zero-order valence-electron chi connectivity index (χ0n) is 15.4. The van der Waals surface area contributed by atoms with Crippen LogP contribution in [-0.2, 0) is 0 Å². The number of furan rings is 2. The van der Waals surface area contributed by atoms with Crippen LogP contribution in [0.5, 0.6) is 0 Å². The third-order valence-corrected chi connectivity index (χ3v) is 4.37. The van der Waals surface area contributed by atoms with Gasteiger partial charge in [0, 0.05) is 11.6 Å². The van der Waals surface area contributed by atoms with E-state index in [9.17, 15) is 19.3 Å². The van der Waals surface area contributed by atoms with E-state index in [1.54, 1.807) is 48.5 Å². The summed E-state index contributed by atoms with van der Waals surface area (Å²) in [6.45, 7) is 0. The molecule has 7 heteroatoms. The fraction of sp³-hybridized carbons (Fsp3) is 0. The van der Waals surface area contributed by atoms with Crippen molar-refractivity contribution in [2.24, 2.45) is 0 Å². The van der Waals surface area contributed by atoms with E-state index in [0.29, 0.717) is 28.4 Å². The van der Waals surface area contributed by atoms with Gasteiger partial charge in [-0.15, -0.1) is 0 Å². The zero-order valence-corrected chi connectivity index (χ0v) is 15.4. The maximum absolute atomic E-state index is 13.0. The normalized spacial score (nSPS) is 11.1. The number of carbonyl (C=O) groups is 1. The fourth-order valence-electron chi connectivity index (χ4n) is 2.91. The second-order valence-corrected chi connectivity index (χ2v) is 6.34. The number of para-hydroxylation sites is 1. The van der Waals surface area contributed by atoms with Crippen molar-refractivity contribution in [3.63, 3.8) is 0 Å². The molecule has 0 bridgehead atoms. The first-order chi connectivity index (χ1) is 14.5. The largest absolute Gasteiger partial charge is 0.456 e. The quantitative estimate of drug-likeness (QED) is 0.167. The van der Waals surface area contributed by atoms with Gasteiger partial charge in [-0.05, 0) is 66.7 Å². The molecule has 6 nitrogen and oxygen atoms in total. The Kier molecular flexibility index (Phi) is 5.09. The third kappa shape index (κ3) is 3.95. The number of nitrogens with zero attached hydrogens (tertiary/aromatic N) is 1. The van der Waals surface area contributed by atoms with Crippen LogP contribution in [0.15, 0.2) is 87.7 Å². The average Bonchev–Trinajstić information content (AvgIpc) is 3.43. The second kappa shape index (κ2) is 8.00. The SMILES string of the molecule is O=C(C=Cc1ccc(-c2ccccc2[N+](=O)[O-])o1)c1ccc(-c2ccc(F)cc2)o1. The Bertz CT molecular complexity index is 1250. The van der Waals surface area contributed by atoms with Gasteiger partial charge in [0.25, 0.3) is 5.69 Å². The van der Waals surface area contributed by atoms with E-state index in [1.165, 1.54) is 36.4 Å². The second-order valence-electron chi connectivity index (χ2n) is 6.34. The molecule has 0 aliphatic carbocycles. The molecule has 0 aliphatic heterocycles. The number of benzene rings is 2. The molecule has 0 fully saturated rings. The van der Waals surface area contributed by atoms with E-state index in [2.05, 4.69) is 0 Å². The summed E-state index contributed by atoms with van der Waals surface area (Å²) in [4.78, 5) is 23.1. The summed E-state index contributed by atoms with van der Waals surface area (Å²) in [6.07, 6.45) is 2.75. The summed E-state index contributed by atoms with van der Waals surface area (Å²) in [6, 6.07) is 18.4. The van der Waals surface area contributed by atoms with Crippen molar-refractivity contribution in [3.8, 4) is 22.6 Å². The number of allylic oxidation sites excluding steroid dienone is 1. The van der Waals surface area contributed by atoms with E-state index < -0.39 is 4.92 Å². The van der Waals surface area contributed by atoms with Gasteiger partial charge in [-0.25, -0.2) is 4.39 Å². The topological polar surface area (TPSA) is 86.5 Å². The number of rotatable bonds is 6. The van der Waals surface area contributed by atoms with Crippen molar-refractivity contribution >= 4 is 17.5 Å². The Hall–Kier alpha value is -4.26. The Balaban J connectivity index is 1.51. The minimum Gasteiger partial charge on any atom is -0.456 e. The summed E-state index contributed by atoms with van der Waals surface area (Å²) in [7, 11) is 0. The Morgan fingerprint density at radius 2 is 1.63 bits per heavy atom. The Labute approximate surface area is 170 Å². The molecule has 0 unspecified atom stereocenters. The van der Waals surface area contributed by atoms with Crippen LogP contribution in [0.2, 0.25) is 0 Å². The molecule has 0 amide bonds. The first-order valence-corrected chi connectivity index (χ1v) is 8.93. The molecule has 0 N–H and O–H groups in total. The van der Waals surface area contributed by atoms with E-state index in [4.69, 9.17) is 8.83 Å². The molecule has 0 radical (unpaired) electrons.